The Morgan fingerprint density at radius 2 is 2.30 bits per heavy atom. The number of aromatic amines is 1. The number of phenolic OH excluding ortho intramolecular Hbond substituents is 1. The summed E-state index contributed by atoms with van der Waals surface area (Å²) in [5.74, 6) is -0.0350. The average Bonchev–Trinajstić information content (AvgIpc) is 2.85. The van der Waals surface area contributed by atoms with Crippen LogP contribution in [-0.2, 0) is 0 Å². The molecule has 0 saturated carbocycles. The number of benzene rings is 1. The Bertz CT molecular complexity index is 649. The number of rotatable bonds is 4. The SMILES string of the molecule is COc1ccc(/C=N/NC(=O)c2cc(C)[nH]n2)cc1O. The Hall–Kier alpha value is -2.83. The van der Waals surface area contributed by atoms with Crippen molar-refractivity contribution in [2.24, 2.45) is 5.10 Å². The number of ether oxygens (including phenoxy) is 1. The molecule has 0 saturated heterocycles. The highest BCUT2D eigenvalue weighted by atomic mass is 16.5. The molecule has 104 valence electrons. The van der Waals surface area contributed by atoms with Gasteiger partial charge in [0.05, 0.1) is 13.3 Å². The molecule has 7 heteroatoms. The lowest BCUT2D eigenvalue weighted by atomic mass is 10.2. The zero-order valence-corrected chi connectivity index (χ0v) is 11.0. The molecule has 0 aliphatic carbocycles. The van der Waals surface area contributed by atoms with Crippen LogP contribution in [-0.4, -0.2) is 34.5 Å². The van der Waals surface area contributed by atoms with E-state index >= 15 is 0 Å². The minimum atomic E-state index is -0.414. The Balaban J connectivity index is 2.00. The van der Waals surface area contributed by atoms with E-state index in [4.69, 9.17) is 4.74 Å². The van der Waals surface area contributed by atoms with Gasteiger partial charge in [0, 0.05) is 5.69 Å². The van der Waals surface area contributed by atoms with Crippen molar-refractivity contribution in [2.45, 2.75) is 6.92 Å². The minimum Gasteiger partial charge on any atom is -0.504 e. The molecule has 7 nitrogen and oxygen atoms in total. The van der Waals surface area contributed by atoms with Gasteiger partial charge in [-0.15, -0.1) is 0 Å². The maximum atomic E-state index is 11.6. The van der Waals surface area contributed by atoms with E-state index in [2.05, 4.69) is 20.7 Å². The number of nitrogens with one attached hydrogen (secondary N) is 2. The minimum absolute atomic E-state index is 0.00528. The lowest BCUT2D eigenvalue weighted by Crippen LogP contribution is -2.17. The fourth-order valence-electron chi connectivity index (χ4n) is 1.54. The first-order valence-electron chi connectivity index (χ1n) is 5.82. The van der Waals surface area contributed by atoms with Crippen molar-refractivity contribution in [3.63, 3.8) is 0 Å². The van der Waals surface area contributed by atoms with Gasteiger partial charge in [-0.1, -0.05) is 0 Å². The summed E-state index contributed by atoms with van der Waals surface area (Å²) >= 11 is 0. The molecule has 0 aliphatic rings. The van der Waals surface area contributed by atoms with Crippen molar-refractivity contribution in [1.29, 1.82) is 0 Å². The first-order valence-corrected chi connectivity index (χ1v) is 5.82. The summed E-state index contributed by atoms with van der Waals surface area (Å²) in [7, 11) is 1.47. The molecule has 2 aromatic rings. The summed E-state index contributed by atoms with van der Waals surface area (Å²) in [6.07, 6.45) is 1.41. The molecule has 0 unspecified atom stereocenters. The summed E-state index contributed by atoms with van der Waals surface area (Å²) in [5, 5.41) is 19.9. The van der Waals surface area contributed by atoms with Gasteiger partial charge in [0.1, 0.15) is 0 Å². The quantitative estimate of drug-likeness (QED) is 0.576. The lowest BCUT2D eigenvalue weighted by Gasteiger charge is -2.02. The molecular weight excluding hydrogens is 260 g/mol. The van der Waals surface area contributed by atoms with Crippen molar-refractivity contribution >= 4 is 12.1 Å². The van der Waals surface area contributed by atoms with Crippen molar-refractivity contribution in [2.75, 3.05) is 7.11 Å². The standard InChI is InChI=1S/C13H14N4O3/c1-8-5-10(16-15-8)13(19)17-14-7-9-3-4-12(20-2)11(18)6-9/h3-7,18H,1-2H3,(H,15,16)(H,17,19)/b14-7+. The molecule has 1 amide bonds. The summed E-state index contributed by atoms with van der Waals surface area (Å²) < 4.78 is 4.93. The highest BCUT2D eigenvalue weighted by Crippen LogP contribution is 2.25. The van der Waals surface area contributed by atoms with Gasteiger partial charge in [0.15, 0.2) is 17.2 Å². The molecule has 0 atom stereocenters. The molecule has 20 heavy (non-hydrogen) atoms. The smallest absolute Gasteiger partial charge is 0.291 e. The Morgan fingerprint density at radius 1 is 1.50 bits per heavy atom. The van der Waals surface area contributed by atoms with Crippen LogP contribution in [0.4, 0.5) is 0 Å². The van der Waals surface area contributed by atoms with E-state index in [1.807, 2.05) is 0 Å². The summed E-state index contributed by atoms with van der Waals surface area (Å²) in [4.78, 5) is 11.6. The molecule has 0 aliphatic heterocycles. The second kappa shape index (κ2) is 5.87. The molecule has 0 spiro atoms. The van der Waals surface area contributed by atoms with E-state index < -0.39 is 5.91 Å². The van der Waals surface area contributed by atoms with Gasteiger partial charge >= 0.3 is 0 Å². The van der Waals surface area contributed by atoms with Crippen LogP contribution in [0, 0.1) is 6.92 Å². The number of carbonyl (C=O) groups is 1. The largest absolute Gasteiger partial charge is 0.504 e. The molecular formula is C13H14N4O3. The molecule has 1 aromatic heterocycles. The fraction of sp³-hybridized carbons (Fsp3) is 0.154. The van der Waals surface area contributed by atoms with Gasteiger partial charge in [-0.3, -0.25) is 9.89 Å². The van der Waals surface area contributed by atoms with Crippen LogP contribution in [0.5, 0.6) is 11.5 Å². The molecule has 2 rings (SSSR count). The number of phenols is 1. The topological polar surface area (TPSA) is 99.6 Å². The highest BCUT2D eigenvalue weighted by molar-refractivity contribution is 5.93. The van der Waals surface area contributed by atoms with E-state index in [0.29, 0.717) is 11.3 Å². The Morgan fingerprint density at radius 3 is 2.90 bits per heavy atom. The highest BCUT2D eigenvalue weighted by Gasteiger charge is 2.07. The number of hydrazone groups is 1. The summed E-state index contributed by atoms with van der Waals surface area (Å²) in [6, 6.07) is 6.40. The number of methoxy groups -OCH3 is 1. The van der Waals surface area contributed by atoms with Gasteiger partial charge < -0.3 is 9.84 Å². The van der Waals surface area contributed by atoms with Crippen LogP contribution in [0.3, 0.4) is 0 Å². The molecule has 0 radical (unpaired) electrons. The number of carbonyl (C=O) groups excluding carboxylic acids is 1. The number of amides is 1. The predicted octanol–water partition coefficient (Wildman–Crippen LogP) is 1.20. The van der Waals surface area contributed by atoms with Crippen molar-refractivity contribution in [3.05, 3.63) is 41.2 Å². The predicted molar refractivity (Wildman–Crippen MR) is 73.0 cm³/mol. The number of aromatic nitrogens is 2. The summed E-state index contributed by atoms with van der Waals surface area (Å²) in [6.45, 7) is 1.80. The first-order chi connectivity index (χ1) is 9.60. The van der Waals surface area contributed by atoms with Crippen LogP contribution in [0.25, 0.3) is 0 Å². The molecule has 1 heterocycles. The monoisotopic (exact) mass is 274 g/mol. The number of nitrogens with zero attached hydrogens (tertiary/aromatic N) is 2. The van der Waals surface area contributed by atoms with Gasteiger partial charge in [-0.2, -0.15) is 10.2 Å². The Kier molecular flexibility index (Phi) is 3.99. The zero-order chi connectivity index (χ0) is 14.5. The van der Waals surface area contributed by atoms with Crippen LogP contribution in [0.1, 0.15) is 21.7 Å². The van der Waals surface area contributed by atoms with Gasteiger partial charge in [0.25, 0.3) is 5.91 Å². The van der Waals surface area contributed by atoms with Crippen LogP contribution in [0.2, 0.25) is 0 Å². The van der Waals surface area contributed by atoms with Crippen LogP contribution >= 0.6 is 0 Å². The van der Waals surface area contributed by atoms with Crippen molar-refractivity contribution in [3.8, 4) is 11.5 Å². The average molecular weight is 274 g/mol. The normalized spacial score (nSPS) is 10.7. The number of hydrogen-bond donors (Lipinski definition) is 3. The number of aromatic hydroxyl groups is 1. The molecule has 0 fully saturated rings. The van der Waals surface area contributed by atoms with Gasteiger partial charge in [-0.25, -0.2) is 5.43 Å². The third kappa shape index (κ3) is 3.14. The van der Waals surface area contributed by atoms with Crippen LogP contribution in [0.15, 0.2) is 29.4 Å². The molecule has 1 aromatic carbocycles. The number of hydrogen-bond acceptors (Lipinski definition) is 5. The van der Waals surface area contributed by atoms with E-state index in [1.165, 1.54) is 19.4 Å². The van der Waals surface area contributed by atoms with Gasteiger partial charge in [-0.05, 0) is 36.8 Å². The first kappa shape index (κ1) is 13.6. The van der Waals surface area contributed by atoms with E-state index in [0.717, 1.165) is 5.69 Å². The lowest BCUT2D eigenvalue weighted by molar-refractivity contribution is 0.0950. The maximum absolute atomic E-state index is 11.6. The van der Waals surface area contributed by atoms with E-state index in [1.54, 1.807) is 25.1 Å². The van der Waals surface area contributed by atoms with E-state index in [-0.39, 0.29) is 11.4 Å². The van der Waals surface area contributed by atoms with E-state index in [9.17, 15) is 9.90 Å². The number of H-pyrrole nitrogens is 1. The third-order valence-corrected chi connectivity index (χ3v) is 2.52. The summed E-state index contributed by atoms with van der Waals surface area (Å²) in [5.41, 5.74) is 4.02. The fourth-order valence-corrected chi connectivity index (χ4v) is 1.54. The molecule has 0 bridgehead atoms. The van der Waals surface area contributed by atoms with Gasteiger partial charge in [0.2, 0.25) is 0 Å². The second-order valence-electron chi connectivity index (χ2n) is 4.07. The van der Waals surface area contributed by atoms with Crippen LogP contribution < -0.4 is 10.2 Å². The van der Waals surface area contributed by atoms with Crippen molar-refractivity contribution in [1.82, 2.24) is 15.6 Å². The maximum Gasteiger partial charge on any atom is 0.291 e. The third-order valence-electron chi connectivity index (χ3n) is 2.52. The zero-order valence-electron chi connectivity index (χ0n) is 11.0. The second-order valence-corrected chi connectivity index (χ2v) is 4.07. The Labute approximate surface area is 115 Å². The molecule has 3 N–H and O–H groups in total. The number of aryl methyl sites for hydroxylation is 1. The van der Waals surface area contributed by atoms with Crippen molar-refractivity contribution < 1.29 is 14.6 Å².